The Hall–Kier alpha value is -0.240. The lowest BCUT2D eigenvalue weighted by atomic mass is 9.98. The Bertz CT molecular complexity index is 383. The van der Waals surface area contributed by atoms with E-state index in [2.05, 4.69) is 12.2 Å². The predicted molar refractivity (Wildman–Crippen MR) is 121 cm³/mol. The van der Waals surface area contributed by atoms with Gasteiger partial charge < -0.3 is 25.2 Å². The Balaban J connectivity index is 1.85. The SMILES string of the molecule is CCCCCCCCCCCCCCCCCCNC1O[C@H](CO)[C@@H](O)[C@H](O)[C@H]1O. The molecule has 0 saturated carbocycles. The Morgan fingerprint density at radius 1 is 0.600 bits per heavy atom. The van der Waals surface area contributed by atoms with Crippen LogP contribution in [-0.2, 0) is 4.74 Å². The van der Waals surface area contributed by atoms with Gasteiger partial charge in [-0.05, 0) is 13.0 Å². The second-order valence-corrected chi connectivity index (χ2v) is 9.01. The second kappa shape index (κ2) is 18.3. The highest BCUT2D eigenvalue weighted by atomic mass is 16.6. The van der Waals surface area contributed by atoms with Crippen molar-refractivity contribution in [2.24, 2.45) is 0 Å². The van der Waals surface area contributed by atoms with Gasteiger partial charge in [0.25, 0.3) is 0 Å². The summed E-state index contributed by atoms with van der Waals surface area (Å²) >= 11 is 0. The van der Waals surface area contributed by atoms with Crippen LogP contribution in [-0.4, -0.2) is 64.2 Å². The summed E-state index contributed by atoms with van der Waals surface area (Å²) in [6.45, 7) is 2.56. The molecule has 5 atom stereocenters. The molecule has 0 bridgehead atoms. The second-order valence-electron chi connectivity index (χ2n) is 9.01. The fraction of sp³-hybridized carbons (Fsp3) is 1.00. The topological polar surface area (TPSA) is 102 Å². The van der Waals surface area contributed by atoms with Gasteiger partial charge in [0, 0.05) is 0 Å². The van der Waals surface area contributed by atoms with E-state index in [1.165, 1.54) is 89.9 Å². The molecule has 0 aromatic heterocycles. The van der Waals surface area contributed by atoms with Gasteiger partial charge in [-0.25, -0.2) is 0 Å². The molecule has 0 aliphatic carbocycles. The van der Waals surface area contributed by atoms with E-state index in [0.717, 1.165) is 12.8 Å². The molecule has 0 aromatic rings. The lowest BCUT2D eigenvalue weighted by Gasteiger charge is -2.40. The standard InChI is InChI=1S/C24H49NO5/c1-2-3-4-5-6-7-8-9-10-11-12-13-14-15-16-17-18-25-24-23(29)22(28)21(27)20(19-26)30-24/h20-29H,2-19H2,1H3/t20-,21-,22+,23-,24?/m1/s1. The average molecular weight is 432 g/mol. The van der Waals surface area contributed by atoms with Crippen molar-refractivity contribution in [2.45, 2.75) is 140 Å². The van der Waals surface area contributed by atoms with Crippen LogP contribution in [0.4, 0.5) is 0 Å². The van der Waals surface area contributed by atoms with Crippen molar-refractivity contribution in [2.75, 3.05) is 13.2 Å². The molecule has 1 rings (SSSR count). The van der Waals surface area contributed by atoms with Crippen LogP contribution in [0.15, 0.2) is 0 Å². The lowest BCUT2D eigenvalue weighted by molar-refractivity contribution is -0.236. The number of nitrogens with one attached hydrogen (secondary N) is 1. The first-order valence-electron chi connectivity index (χ1n) is 12.7. The molecule has 6 heteroatoms. The third-order valence-electron chi connectivity index (χ3n) is 6.27. The highest BCUT2D eigenvalue weighted by Crippen LogP contribution is 2.20. The number of hydrogen-bond acceptors (Lipinski definition) is 6. The lowest BCUT2D eigenvalue weighted by Crippen LogP contribution is -2.62. The van der Waals surface area contributed by atoms with E-state index in [4.69, 9.17) is 4.74 Å². The first-order valence-corrected chi connectivity index (χ1v) is 12.7. The molecule has 30 heavy (non-hydrogen) atoms. The Kier molecular flexibility index (Phi) is 17.0. The highest BCUT2D eigenvalue weighted by Gasteiger charge is 2.42. The molecule has 1 fully saturated rings. The van der Waals surface area contributed by atoms with E-state index in [1.54, 1.807) is 0 Å². The molecular formula is C24H49NO5. The molecule has 1 saturated heterocycles. The Morgan fingerprint density at radius 2 is 1.03 bits per heavy atom. The summed E-state index contributed by atoms with van der Waals surface area (Å²) in [7, 11) is 0. The zero-order valence-corrected chi connectivity index (χ0v) is 19.3. The Labute approximate surface area is 184 Å². The van der Waals surface area contributed by atoms with Gasteiger partial charge in [0.2, 0.25) is 0 Å². The summed E-state index contributed by atoms with van der Waals surface area (Å²) in [6.07, 6.45) is 15.9. The number of ether oxygens (including phenoxy) is 1. The van der Waals surface area contributed by atoms with Crippen molar-refractivity contribution in [1.29, 1.82) is 0 Å². The molecule has 5 N–H and O–H groups in total. The minimum absolute atomic E-state index is 0.387. The van der Waals surface area contributed by atoms with Crippen molar-refractivity contribution in [1.82, 2.24) is 5.32 Å². The van der Waals surface area contributed by atoms with Crippen LogP contribution in [0.2, 0.25) is 0 Å². The van der Waals surface area contributed by atoms with E-state index < -0.39 is 30.6 Å². The zero-order chi connectivity index (χ0) is 22.0. The average Bonchev–Trinajstić information content (AvgIpc) is 2.75. The number of hydrogen-bond donors (Lipinski definition) is 5. The van der Waals surface area contributed by atoms with Crippen LogP contribution < -0.4 is 5.32 Å². The van der Waals surface area contributed by atoms with Crippen LogP contribution in [0.3, 0.4) is 0 Å². The normalized spacial score (nSPS) is 26.9. The fourth-order valence-electron chi connectivity index (χ4n) is 4.19. The fourth-order valence-corrected chi connectivity index (χ4v) is 4.19. The number of rotatable bonds is 19. The van der Waals surface area contributed by atoms with Crippen LogP contribution in [0.25, 0.3) is 0 Å². The maximum Gasteiger partial charge on any atom is 0.137 e. The summed E-state index contributed by atoms with van der Waals surface area (Å²) in [5, 5.41) is 41.8. The molecular weight excluding hydrogens is 382 g/mol. The maximum atomic E-state index is 9.98. The van der Waals surface area contributed by atoms with E-state index in [9.17, 15) is 20.4 Å². The van der Waals surface area contributed by atoms with Gasteiger partial charge in [0.1, 0.15) is 30.6 Å². The van der Waals surface area contributed by atoms with Gasteiger partial charge in [-0.1, -0.05) is 103 Å². The van der Waals surface area contributed by atoms with Crippen molar-refractivity contribution in [3.8, 4) is 0 Å². The molecule has 6 nitrogen and oxygen atoms in total. The van der Waals surface area contributed by atoms with Gasteiger partial charge in [0.05, 0.1) is 6.61 Å². The van der Waals surface area contributed by atoms with Crippen LogP contribution in [0, 0.1) is 0 Å². The summed E-state index contributed by atoms with van der Waals surface area (Å²) in [6, 6.07) is 0. The molecule has 1 aliphatic rings. The zero-order valence-electron chi connectivity index (χ0n) is 19.3. The van der Waals surface area contributed by atoms with Gasteiger partial charge >= 0.3 is 0 Å². The smallest absolute Gasteiger partial charge is 0.137 e. The van der Waals surface area contributed by atoms with Crippen LogP contribution >= 0.6 is 0 Å². The molecule has 1 aliphatic heterocycles. The van der Waals surface area contributed by atoms with E-state index in [0.29, 0.717) is 6.54 Å². The van der Waals surface area contributed by atoms with E-state index in [1.807, 2.05) is 0 Å². The Morgan fingerprint density at radius 3 is 1.47 bits per heavy atom. The summed E-state index contributed by atoms with van der Waals surface area (Å²) in [4.78, 5) is 0. The van der Waals surface area contributed by atoms with Crippen LogP contribution in [0.5, 0.6) is 0 Å². The quantitative estimate of drug-likeness (QED) is 0.200. The monoisotopic (exact) mass is 431 g/mol. The van der Waals surface area contributed by atoms with E-state index >= 15 is 0 Å². The third-order valence-corrected chi connectivity index (χ3v) is 6.27. The molecule has 0 radical (unpaired) electrons. The number of aliphatic hydroxyl groups excluding tert-OH is 4. The first kappa shape index (κ1) is 27.8. The van der Waals surface area contributed by atoms with Crippen molar-refractivity contribution < 1.29 is 25.2 Å². The molecule has 0 amide bonds. The van der Waals surface area contributed by atoms with Crippen molar-refractivity contribution in [3.05, 3.63) is 0 Å². The maximum absolute atomic E-state index is 9.98. The minimum atomic E-state index is -1.31. The molecule has 0 aromatic carbocycles. The van der Waals surface area contributed by atoms with Gasteiger partial charge in [-0.2, -0.15) is 0 Å². The van der Waals surface area contributed by atoms with Gasteiger partial charge in [-0.3, -0.25) is 5.32 Å². The molecule has 0 spiro atoms. The minimum Gasteiger partial charge on any atom is -0.394 e. The highest BCUT2D eigenvalue weighted by molar-refractivity contribution is 4.90. The number of unbranched alkanes of at least 4 members (excludes halogenated alkanes) is 15. The first-order chi connectivity index (χ1) is 14.6. The molecule has 180 valence electrons. The van der Waals surface area contributed by atoms with Crippen molar-refractivity contribution in [3.63, 3.8) is 0 Å². The van der Waals surface area contributed by atoms with Gasteiger partial charge in [0.15, 0.2) is 0 Å². The largest absolute Gasteiger partial charge is 0.394 e. The third kappa shape index (κ3) is 12.0. The van der Waals surface area contributed by atoms with Crippen molar-refractivity contribution >= 4 is 0 Å². The predicted octanol–water partition coefficient (Wildman–Crippen LogP) is 3.64. The number of aliphatic hydroxyl groups is 4. The van der Waals surface area contributed by atoms with E-state index in [-0.39, 0.29) is 6.61 Å². The van der Waals surface area contributed by atoms with Crippen LogP contribution in [0.1, 0.15) is 110 Å². The summed E-state index contributed by atoms with van der Waals surface area (Å²) in [5.41, 5.74) is 0. The van der Waals surface area contributed by atoms with Gasteiger partial charge in [-0.15, -0.1) is 0 Å². The molecule has 1 heterocycles. The summed E-state index contributed by atoms with van der Waals surface area (Å²) < 4.78 is 5.44. The summed E-state index contributed by atoms with van der Waals surface area (Å²) in [5.74, 6) is 0. The molecule has 1 unspecified atom stereocenters.